The van der Waals surface area contributed by atoms with Crippen LogP contribution in [0.3, 0.4) is 0 Å². The van der Waals surface area contributed by atoms with Gasteiger partial charge in [-0.1, -0.05) is 13.8 Å². The Labute approximate surface area is 149 Å². The van der Waals surface area contributed by atoms with Gasteiger partial charge in [0.1, 0.15) is 0 Å². The van der Waals surface area contributed by atoms with Crippen molar-refractivity contribution in [2.45, 2.75) is 71.1 Å². The molecule has 1 spiro atoms. The second kappa shape index (κ2) is 4.78. The molecule has 3 saturated heterocycles. The Morgan fingerprint density at radius 2 is 2.00 bits per heavy atom. The van der Waals surface area contributed by atoms with E-state index in [1.54, 1.807) is 0 Å². The van der Waals surface area contributed by atoms with Crippen molar-refractivity contribution in [3.8, 4) is 0 Å². The zero-order valence-electron chi connectivity index (χ0n) is 15.3. The summed E-state index contributed by atoms with van der Waals surface area (Å²) < 4.78 is 27.5. The maximum atomic E-state index is 13.5. The number of sulfonamides is 1. The van der Waals surface area contributed by atoms with Gasteiger partial charge in [0.05, 0.1) is 23.8 Å². The van der Waals surface area contributed by atoms with Gasteiger partial charge in [-0.3, -0.25) is 9.63 Å². The van der Waals surface area contributed by atoms with Crippen molar-refractivity contribution in [2.75, 3.05) is 12.3 Å². The van der Waals surface area contributed by atoms with Gasteiger partial charge < -0.3 is 0 Å². The van der Waals surface area contributed by atoms with Crippen LogP contribution in [-0.2, 0) is 19.7 Å². The lowest BCUT2D eigenvalue weighted by Gasteiger charge is -2.37. The molecule has 2 aliphatic carbocycles. The van der Waals surface area contributed by atoms with Crippen molar-refractivity contribution in [1.29, 1.82) is 0 Å². The Bertz CT molecular complexity index is 735. The molecule has 3 unspecified atom stereocenters. The van der Waals surface area contributed by atoms with Crippen LogP contribution in [0.2, 0.25) is 0 Å². The average Bonchev–Trinajstić information content (AvgIpc) is 3.21. The molecule has 0 aromatic carbocycles. The van der Waals surface area contributed by atoms with E-state index in [4.69, 9.17) is 4.84 Å². The third-order valence-corrected chi connectivity index (χ3v) is 10.3. The Morgan fingerprint density at radius 3 is 2.72 bits per heavy atom. The molecule has 5 rings (SSSR count). The van der Waals surface area contributed by atoms with Crippen LogP contribution in [0.4, 0.5) is 0 Å². The lowest BCUT2D eigenvalue weighted by atomic mass is 9.69. The maximum Gasteiger partial charge on any atom is 0.243 e. The van der Waals surface area contributed by atoms with E-state index in [1.165, 1.54) is 4.31 Å². The number of carbonyl (C=O) groups excluding carboxylic acids is 1. The zero-order chi connectivity index (χ0) is 17.8. The van der Waals surface area contributed by atoms with Crippen LogP contribution in [-0.4, -0.2) is 54.2 Å². The highest BCUT2D eigenvalue weighted by molar-refractivity contribution is 7.90. The second-order valence-corrected chi connectivity index (χ2v) is 11.3. The number of rotatable bonds is 1. The highest BCUT2D eigenvalue weighted by atomic mass is 32.2. The summed E-state index contributed by atoms with van der Waals surface area (Å²) in [4.78, 5) is 19.3. The summed E-state index contributed by atoms with van der Waals surface area (Å²) in [6.07, 6.45) is 4.56. The minimum Gasteiger partial charge on any atom is -0.295 e. The van der Waals surface area contributed by atoms with Crippen molar-refractivity contribution >= 4 is 15.9 Å². The molecule has 5 fully saturated rings. The van der Waals surface area contributed by atoms with Gasteiger partial charge in [-0.2, -0.15) is 5.06 Å². The smallest absolute Gasteiger partial charge is 0.243 e. The number of nitrogens with zero attached hydrogens (tertiary/aromatic N) is 2. The predicted octanol–water partition coefficient (Wildman–Crippen LogP) is 1.77. The molecule has 3 heterocycles. The molecule has 2 bridgehead atoms. The molecule has 140 valence electrons. The lowest BCUT2D eigenvalue weighted by molar-refractivity contribution is -0.145. The molecule has 3 aliphatic heterocycles. The summed E-state index contributed by atoms with van der Waals surface area (Å²) >= 11 is 0. The number of hydrogen-bond donors (Lipinski definition) is 0. The van der Waals surface area contributed by atoms with E-state index in [0.717, 1.165) is 38.6 Å². The van der Waals surface area contributed by atoms with Crippen LogP contribution in [0.1, 0.15) is 52.9 Å². The van der Waals surface area contributed by atoms with Crippen LogP contribution in [0.15, 0.2) is 0 Å². The molecule has 0 aromatic rings. The molecule has 25 heavy (non-hydrogen) atoms. The molecule has 2 saturated carbocycles. The fourth-order valence-corrected chi connectivity index (χ4v) is 9.51. The summed E-state index contributed by atoms with van der Waals surface area (Å²) in [5, 5.41) is 1.91. The van der Waals surface area contributed by atoms with Gasteiger partial charge in [0.15, 0.2) is 0 Å². The minimum absolute atomic E-state index is 0.00302. The summed E-state index contributed by atoms with van der Waals surface area (Å²) in [5.74, 6) is 0.126. The van der Waals surface area contributed by atoms with Gasteiger partial charge in [-0.05, 0) is 50.4 Å². The number of amides is 1. The van der Waals surface area contributed by atoms with E-state index in [-0.39, 0.29) is 46.6 Å². The third kappa shape index (κ3) is 1.82. The van der Waals surface area contributed by atoms with Crippen molar-refractivity contribution in [1.82, 2.24) is 9.37 Å². The molecule has 7 heteroatoms. The molecule has 0 N–H and O–H groups in total. The molecular formula is C18H28N2O4S. The second-order valence-electron chi connectivity index (χ2n) is 9.44. The normalized spacial score (nSPS) is 49.6. The SMILES string of the molecule is C[C@@H]1ON2CCC[C@H]2[C@H]1C(=O)N1C2CC3CCC2(CS1(=O)=O)C3(C)C. The Balaban J connectivity index is 1.53. The van der Waals surface area contributed by atoms with E-state index >= 15 is 0 Å². The molecule has 0 radical (unpaired) electrons. The quantitative estimate of drug-likeness (QED) is 0.706. The molecule has 0 aromatic heterocycles. The first-order valence-corrected chi connectivity index (χ1v) is 11.3. The van der Waals surface area contributed by atoms with Gasteiger partial charge >= 0.3 is 0 Å². The van der Waals surface area contributed by atoms with Crippen LogP contribution in [0.25, 0.3) is 0 Å². The first-order chi connectivity index (χ1) is 11.7. The summed E-state index contributed by atoms with van der Waals surface area (Å²) in [5.41, 5.74) is -0.249. The predicted molar refractivity (Wildman–Crippen MR) is 91.7 cm³/mol. The summed E-state index contributed by atoms with van der Waals surface area (Å²) in [7, 11) is -3.54. The maximum absolute atomic E-state index is 13.5. The monoisotopic (exact) mass is 368 g/mol. The first-order valence-electron chi connectivity index (χ1n) is 9.68. The number of carbonyl (C=O) groups is 1. The first kappa shape index (κ1) is 16.5. The number of fused-ring (bicyclic) bond motifs is 2. The molecular weight excluding hydrogens is 340 g/mol. The average molecular weight is 368 g/mol. The zero-order valence-corrected chi connectivity index (χ0v) is 16.1. The van der Waals surface area contributed by atoms with Gasteiger partial charge in [0.25, 0.3) is 0 Å². The summed E-state index contributed by atoms with van der Waals surface area (Å²) in [6.45, 7) is 7.18. The number of hydrogen-bond acceptors (Lipinski definition) is 5. The van der Waals surface area contributed by atoms with Gasteiger partial charge in [0, 0.05) is 18.0 Å². The standard InChI is InChI=1S/C18H28N2O4S/c1-11-15(13-5-4-8-19(13)24-11)16(21)20-14-9-12-6-7-18(14,17(12,2)3)10-25(20,22)23/h11-15H,4-10H2,1-3H3/t11-,12?,13-,14?,15-,18?/m0/s1. The van der Waals surface area contributed by atoms with Crippen molar-refractivity contribution < 1.29 is 18.0 Å². The largest absolute Gasteiger partial charge is 0.295 e. The molecule has 5 aliphatic rings. The lowest BCUT2D eigenvalue weighted by Crippen LogP contribution is -2.49. The fourth-order valence-electron chi connectivity index (χ4n) is 6.94. The fraction of sp³-hybridized carbons (Fsp3) is 0.944. The van der Waals surface area contributed by atoms with E-state index in [1.807, 2.05) is 12.0 Å². The van der Waals surface area contributed by atoms with Crippen molar-refractivity contribution in [3.63, 3.8) is 0 Å². The van der Waals surface area contributed by atoms with Crippen LogP contribution in [0, 0.1) is 22.7 Å². The molecule has 6 nitrogen and oxygen atoms in total. The van der Waals surface area contributed by atoms with Gasteiger partial charge in [0.2, 0.25) is 15.9 Å². The van der Waals surface area contributed by atoms with Gasteiger partial charge in [-0.25, -0.2) is 12.7 Å². The van der Waals surface area contributed by atoms with Crippen molar-refractivity contribution in [2.24, 2.45) is 22.7 Å². The topological polar surface area (TPSA) is 66.9 Å². The summed E-state index contributed by atoms with van der Waals surface area (Å²) in [6, 6.07) is -0.0951. The molecule has 1 amide bonds. The van der Waals surface area contributed by atoms with Crippen LogP contribution >= 0.6 is 0 Å². The highest BCUT2D eigenvalue weighted by Crippen LogP contribution is 2.70. The minimum atomic E-state index is -3.54. The Kier molecular flexibility index (Phi) is 3.16. The van der Waals surface area contributed by atoms with Crippen LogP contribution < -0.4 is 0 Å². The van der Waals surface area contributed by atoms with E-state index in [9.17, 15) is 13.2 Å². The van der Waals surface area contributed by atoms with Crippen LogP contribution in [0.5, 0.6) is 0 Å². The highest BCUT2D eigenvalue weighted by Gasteiger charge is 2.73. The van der Waals surface area contributed by atoms with Gasteiger partial charge in [-0.15, -0.1) is 0 Å². The molecule has 6 atom stereocenters. The van der Waals surface area contributed by atoms with E-state index < -0.39 is 10.0 Å². The third-order valence-electron chi connectivity index (χ3n) is 8.38. The van der Waals surface area contributed by atoms with E-state index in [2.05, 4.69) is 13.8 Å². The van der Waals surface area contributed by atoms with Crippen molar-refractivity contribution in [3.05, 3.63) is 0 Å². The number of hydroxylamine groups is 2. The van der Waals surface area contributed by atoms with E-state index in [0.29, 0.717) is 5.92 Å². The Morgan fingerprint density at radius 1 is 1.24 bits per heavy atom. The Hall–Kier alpha value is -0.660.